The maximum Gasteiger partial charge on any atom is 0.225 e. The molecule has 1 aliphatic heterocycles. The highest BCUT2D eigenvalue weighted by atomic mass is 16.5. The highest BCUT2D eigenvalue weighted by molar-refractivity contribution is 5.79. The summed E-state index contributed by atoms with van der Waals surface area (Å²) in [6.07, 6.45) is 6.73. The number of likely N-dealkylation sites (tertiary alicyclic amines) is 1. The van der Waals surface area contributed by atoms with Gasteiger partial charge in [-0.15, -0.1) is 0 Å². The smallest absolute Gasteiger partial charge is 0.225 e. The van der Waals surface area contributed by atoms with E-state index in [2.05, 4.69) is 27.7 Å². The van der Waals surface area contributed by atoms with Crippen molar-refractivity contribution in [1.82, 2.24) is 14.5 Å². The third-order valence-electron chi connectivity index (χ3n) is 6.92. The van der Waals surface area contributed by atoms with E-state index in [4.69, 9.17) is 9.72 Å². The fourth-order valence-corrected chi connectivity index (χ4v) is 5.13. The lowest BCUT2D eigenvalue weighted by molar-refractivity contribution is -0.136. The van der Waals surface area contributed by atoms with Gasteiger partial charge in [-0.25, -0.2) is 4.98 Å². The summed E-state index contributed by atoms with van der Waals surface area (Å²) in [5, 5.41) is 0. The standard InChI is InChI=1S/C26H31N3O2/c30-26(21-8-4-5-9-21)28-16-14-20(15-17-28)18-29-24-13-7-6-12-23(24)27-25(29)19-31-22-10-2-1-3-11-22/h1-3,6-7,10-13,20-21H,4-5,8-9,14-19H2. The van der Waals surface area contributed by atoms with Crippen LogP contribution in [0.15, 0.2) is 54.6 Å². The van der Waals surface area contributed by atoms with E-state index in [-0.39, 0.29) is 5.92 Å². The molecule has 5 nitrogen and oxygen atoms in total. The number of benzene rings is 2. The Bertz CT molecular complexity index is 1020. The first kappa shape index (κ1) is 20.1. The monoisotopic (exact) mass is 417 g/mol. The highest BCUT2D eigenvalue weighted by Gasteiger charge is 2.30. The molecule has 1 saturated carbocycles. The summed E-state index contributed by atoms with van der Waals surface area (Å²) in [6.45, 7) is 3.17. The molecule has 3 aromatic rings. The Hall–Kier alpha value is -2.82. The number of aromatic nitrogens is 2. The van der Waals surface area contributed by atoms with Crippen LogP contribution in [0.4, 0.5) is 0 Å². The van der Waals surface area contributed by atoms with Gasteiger partial charge in [0, 0.05) is 25.6 Å². The summed E-state index contributed by atoms with van der Waals surface area (Å²) >= 11 is 0. The number of carbonyl (C=O) groups excluding carboxylic acids is 1. The van der Waals surface area contributed by atoms with E-state index in [0.717, 1.165) is 62.4 Å². The molecule has 1 amide bonds. The van der Waals surface area contributed by atoms with Crippen molar-refractivity contribution >= 4 is 16.9 Å². The molecule has 0 atom stereocenters. The Morgan fingerprint density at radius 3 is 2.42 bits per heavy atom. The van der Waals surface area contributed by atoms with Gasteiger partial charge < -0.3 is 14.2 Å². The van der Waals surface area contributed by atoms with Crippen LogP contribution in [0.3, 0.4) is 0 Å². The average Bonchev–Trinajstić information content (AvgIpc) is 3.47. The van der Waals surface area contributed by atoms with E-state index < -0.39 is 0 Å². The van der Waals surface area contributed by atoms with Gasteiger partial charge in [0.05, 0.1) is 11.0 Å². The molecule has 2 aliphatic rings. The molecule has 1 aliphatic carbocycles. The van der Waals surface area contributed by atoms with Crippen molar-refractivity contribution in [3.8, 4) is 5.75 Å². The van der Waals surface area contributed by atoms with Gasteiger partial charge in [0.2, 0.25) is 5.91 Å². The van der Waals surface area contributed by atoms with Gasteiger partial charge >= 0.3 is 0 Å². The number of hydrogen-bond acceptors (Lipinski definition) is 3. The van der Waals surface area contributed by atoms with E-state index in [9.17, 15) is 4.79 Å². The maximum atomic E-state index is 12.8. The van der Waals surface area contributed by atoms with Crippen molar-refractivity contribution < 1.29 is 9.53 Å². The molecule has 0 bridgehead atoms. The van der Waals surface area contributed by atoms with Crippen LogP contribution < -0.4 is 4.74 Å². The number of hydrogen-bond donors (Lipinski definition) is 0. The Morgan fingerprint density at radius 2 is 1.65 bits per heavy atom. The summed E-state index contributed by atoms with van der Waals surface area (Å²) < 4.78 is 8.35. The maximum absolute atomic E-state index is 12.8. The third-order valence-corrected chi connectivity index (χ3v) is 6.92. The van der Waals surface area contributed by atoms with E-state index in [1.54, 1.807) is 0 Å². The second-order valence-corrected chi connectivity index (χ2v) is 8.98. The Morgan fingerprint density at radius 1 is 0.935 bits per heavy atom. The number of fused-ring (bicyclic) bond motifs is 1. The predicted molar refractivity (Wildman–Crippen MR) is 122 cm³/mol. The van der Waals surface area contributed by atoms with Crippen LogP contribution in [0.2, 0.25) is 0 Å². The van der Waals surface area contributed by atoms with Gasteiger partial charge in [0.15, 0.2) is 0 Å². The van der Waals surface area contributed by atoms with Crippen LogP contribution in [0.1, 0.15) is 44.3 Å². The van der Waals surface area contributed by atoms with Crippen molar-refractivity contribution in [1.29, 1.82) is 0 Å². The molecule has 0 spiro atoms. The van der Waals surface area contributed by atoms with Crippen LogP contribution in [0.5, 0.6) is 5.75 Å². The number of nitrogens with zero attached hydrogens (tertiary/aromatic N) is 3. The highest BCUT2D eigenvalue weighted by Crippen LogP contribution is 2.29. The number of carbonyl (C=O) groups is 1. The minimum absolute atomic E-state index is 0.288. The summed E-state index contributed by atoms with van der Waals surface area (Å²) in [6, 6.07) is 18.2. The summed E-state index contributed by atoms with van der Waals surface area (Å²) in [5.41, 5.74) is 2.18. The Kier molecular flexibility index (Phi) is 5.92. The summed E-state index contributed by atoms with van der Waals surface area (Å²) in [4.78, 5) is 19.8. The minimum atomic E-state index is 0.288. The third kappa shape index (κ3) is 4.46. The number of ether oxygens (including phenoxy) is 1. The molecule has 31 heavy (non-hydrogen) atoms. The minimum Gasteiger partial charge on any atom is -0.486 e. The first-order valence-electron chi connectivity index (χ1n) is 11.7. The van der Waals surface area contributed by atoms with Crippen molar-refractivity contribution in [2.45, 2.75) is 51.7 Å². The average molecular weight is 418 g/mol. The van der Waals surface area contributed by atoms with Gasteiger partial charge in [0.25, 0.3) is 0 Å². The lowest BCUT2D eigenvalue weighted by Crippen LogP contribution is -2.42. The van der Waals surface area contributed by atoms with Crippen molar-refractivity contribution in [3.63, 3.8) is 0 Å². The lowest BCUT2D eigenvalue weighted by atomic mass is 9.95. The van der Waals surface area contributed by atoms with E-state index in [1.165, 1.54) is 18.4 Å². The molecule has 1 saturated heterocycles. The topological polar surface area (TPSA) is 47.4 Å². The van der Waals surface area contributed by atoms with Crippen LogP contribution >= 0.6 is 0 Å². The van der Waals surface area contributed by atoms with Gasteiger partial charge in [-0.2, -0.15) is 0 Å². The molecule has 0 N–H and O–H groups in total. The first-order chi connectivity index (χ1) is 15.3. The lowest BCUT2D eigenvalue weighted by Gasteiger charge is -2.34. The fourth-order valence-electron chi connectivity index (χ4n) is 5.13. The first-order valence-corrected chi connectivity index (χ1v) is 11.7. The number of imidazole rings is 1. The molecule has 2 aromatic carbocycles. The zero-order valence-corrected chi connectivity index (χ0v) is 18.1. The molecule has 2 fully saturated rings. The molecular weight excluding hydrogens is 386 g/mol. The molecule has 1 aromatic heterocycles. The summed E-state index contributed by atoms with van der Waals surface area (Å²) in [5.74, 6) is 3.08. The van der Waals surface area contributed by atoms with E-state index >= 15 is 0 Å². The normalized spacial score (nSPS) is 18.0. The van der Waals surface area contributed by atoms with Crippen LogP contribution in [-0.2, 0) is 17.9 Å². The predicted octanol–water partition coefficient (Wildman–Crippen LogP) is 5.04. The Labute approximate surface area is 184 Å². The Balaban J connectivity index is 1.27. The zero-order valence-electron chi connectivity index (χ0n) is 18.1. The molecule has 0 radical (unpaired) electrons. The van der Waals surface area contributed by atoms with E-state index in [1.807, 2.05) is 36.4 Å². The van der Waals surface area contributed by atoms with Gasteiger partial charge in [-0.3, -0.25) is 4.79 Å². The SMILES string of the molecule is O=C(C1CCCC1)N1CCC(Cn2c(COc3ccccc3)nc3ccccc32)CC1. The summed E-state index contributed by atoms with van der Waals surface area (Å²) in [7, 11) is 0. The number of amides is 1. The second-order valence-electron chi connectivity index (χ2n) is 8.98. The molecule has 2 heterocycles. The zero-order chi connectivity index (χ0) is 21.0. The number of para-hydroxylation sites is 3. The van der Waals surface area contributed by atoms with Crippen molar-refractivity contribution in [2.75, 3.05) is 13.1 Å². The molecule has 5 rings (SSSR count). The molecule has 162 valence electrons. The van der Waals surface area contributed by atoms with Crippen molar-refractivity contribution in [2.24, 2.45) is 11.8 Å². The van der Waals surface area contributed by atoms with Gasteiger partial charge in [-0.05, 0) is 55.9 Å². The van der Waals surface area contributed by atoms with Crippen LogP contribution in [0.25, 0.3) is 11.0 Å². The van der Waals surface area contributed by atoms with Crippen LogP contribution in [-0.4, -0.2) is 33.4 Å². The quantitative estimate of drug-likeness (QED) is 0.564. The molecule has 0 unspecified atom stereocenters. The van der Waals surface area contributed by atoms with Gasteiger partial charge in [0.1, 0.15) is 18.2 Å². The fraction of sp³-hybridized carbons (Fsp3) is 0.462. The number of piperidine rings is 1. The number of rotatable bonds is 6. The molecular formula is C26H31N3O2. The molecule has 5 heteroatoms. The van der Waals surface area contributed by atoms with E-state index in [0.29, 0.717) is 18.4 Å². The van der Waals surface area contributed by atoms with Crippen molar-refractivity contribution in [3.05, 3.63) is 60.4 Å². The largest absolute Gasteiger partial charge is 0.486 e. The van der Waals surface area contributed by atoms with Crippen LogP contribution in [0, 0.1) is 11.8 Å². The second kappa shape index (κ2) is 9.13. The van der Waals surface area contributed by atoms with Gasteiger partial charge in [-0.1, -0.05) is 43.2 Å².